The van der Waals surface area contributed by atoms with Crippen molar-refractivity contribution in [2.45, 2.75) is 70.8 Å². The summed E-state index contributed by atoms with van der Waals surface area (Å²) >= 11 is 0. The molecule has 3 heterocycles. The Hall–Kier alpha value is -2.17. The molecule has 168 valence electrons. The van der Waals surface area contributed by atoms with Crippen molar-refractivity contribution in [3.05, 3.63) is 36.3 Å². The number of carbonyl (C=O) groups is 1. The molecule has 2 aromatic rings. The van der Waals surface area contributed by atoms with Gasteiger partial charge in [-0.25, -0.2) is 9.97 Å². The molecule has 0 radical (unpaired) electrons. The van der Waals surface area contributed by atoms with Gasteiger partial charge in [0.05, 0.1) is 5.52 Å². The highest BCUT2D eigenvalue weighted by molar-refractivity contribution is 5.89. The zero-order valence-corrected chi connectivity index (χ0v) is 19.5. The summed E-state index contributed by atoms with van der Waals surface area (Å²) in [6, 6.07) is 4.46. The first-order valence-electron chi connectivity index (χ1n) is 12.6. The number of nitrogens with one attached hydrogen (secondary N) is 1. The van der Waals surface area contributed by atoms with Crippen molar-refractivity contribution < 1.29 is 4.79 Å². The van der Waals surface area contributed by atoms with E-state index < -0.39 is 0 Å². The fourth-order valence-corrected chi connectivity index (χ4v) is 9.51. The molecule has 4 saturated carbocycles. The fraction of sp³-hybridized carbons (Fsp3) is 0.667. The number of likely N-dealkylation sites (N-methyl/N-ethyl adjacent to an activating group) is 1. The minimum Gasteiger partial charge on any atom is -0.340 e. The summed E-state index contributed by atoms with van der Waals surface area (Å²) in [6.07, 6.45) is 15.1. The summed E-state index contributed by atoms with van der Waals surface area (Å²) in [7, 11) is 2.02. The molecule has 1 N–H and O–H groups in total. The average molecular weight is 431 g/mol. The first-order chi connectivity index (χ1) is 15.4. The Morgan fingerprint density at radius 2 is 1.97 bits per heavy atom. The van der Waals surface area contributed by atoms with E-state index in [-0.39, 0.29) is 11.3 Å². The number of carbonyl (C=O) groups excluding carboxylic acids is 1. The van der Waals surface area contributed by atoms with Gasteiger partial charge in [0.15, 0.2) is 5.65 Å². The molecule has 0 saturated heterocycles. The number of hydrogen-bond donors (Lipinski definition) is 1. The van der Waals surface area contributed by atoms with Gasteiger partial charge in [-0.1, -0.05) is 19.9 Å². The van der Waals surface area contributed by atoms with E-state index >= 15 is 0 Å². The topological polar surface area (TPSA) is 61.9 Å². The lowest BCUT2D eigenvalue weighted by atomic mass is 9.47. The third-order valence-electron chi connectivity index (χ3n) is 11.2. The number of fused-ring (bicyclic) bond motifs is 7. The van der Waals surface area contributed by atoms with Gasteiger partial charge >= 0.3 is 0 Å². The number of hydrogen-bond acceptors (Lipinski definition) is 3. The molecule has 1 amide bonds. The Kier molecular flexibility index (Phi) is 3.64. The van der Waals surface area contributed by atoms with Crippen LogP contribution >= 0.6 is 0 Å². The van der Waals surface area contributed by atoms with Crippen LogP contribution in [-0.4, -0.2) is 38.8 Å². The molecule has 4 aliphatic carbocycles. The third-order valence-corrected chi connectivity index (χ3v) is 11.2. The van der Waals surface area contributed by atoms with Crippen LogP contribution in [0.25, 0.3) is 11.2 Å². The van der Waals surface area contributed by atoms with Crippen LogP contribution in [0.1, 0.15) is 70.5 Å². The Bertz CT molecular complexity index is 1120. The van der Waals surface area contributed by atoms with Gasteiger partial charge in [-0.05, 0) is 91.7 Å². The summed E-state index contributed by atoms with van der Waals surface area (Å²) in [4.78, 5) is 27.4. The van der Waals surface area contributed by atoms with E-state index in [9.17, 15) is 4.79 Å². The number of aromatic nitrogens is 3. The van der Waals surface area contributed by atoms with Gasteiger partial charge in [-0.3, -0.25) is 4.79 Å². The highest BCUT2D eigenvalue weighted by Crippen LogP contribution is 2.81. The molecule has 1 aliphatic heterocycles. The highest BCUT2D eigenvalue weighted by Gasteiger charge is 2.73. The Balaban J connectivity index is 1.20. The van der Waals surface area contributed by atoms with E-state index in [2.05, 4.69) is 36.0 Å². The lowest BCUT2D eigenvalue weighted by Gasteiger charge is -2.60. The molecule has 0 aromatic carbocycles. The second-order valence-electron chi connectivity index (χ2n) is 12.0. The maximum Gasteiger partial charge on any atom is 0.246 e. The Morgan fingerprint density at radius 1 is 1.12 bits per heavy atom. The average Bonchev–Trinajstić information content (AvgIpc) is 3.25. The van der Waals surface area contributed by atoms with Crippen molar-refractivity contribution in [2.24, 2.45) is 34.0 Å². The van der Waals surface area contributed by atoms with E-state index in [1.165, 1.54) is 44.3 Å². The zero-order valence-electron chi connectivity index (χ0n) is 19.5. The fourth-order valence-electron chi connectivity index (χ4n) is 9.51. The van der Waals surface area contributed by atoms with E-state index in [0.717, 1.165) is 29.4 Å². The van der Waals surface area contributed by atoms with Crippen molar-refractivity contribution in [2.75, 3.05) is 7.05 Å². The number of imidazole rings is 1. The summed E-state index contributed by atoms with van der Waals surface area (Å²) in [5.74, 6) is 4.23. The summed E-state index contributed by atoms with van der Waals surface area (Å²) in [5.41, 5.74) is 2.90. The maximum atomic E-state index is 12.3. The molecule has 5 nitrogen and oxygen atoms in total. The smallest absolute Gasteiger partial charge is 0.246 e. The maximum absolute atomic E-state index is 12.3. The van der Waals surface area contributed by atoms with Crippen LogP contribution in [0.2, 0.25) is 0 Å². The van der Waals surface area contributed by atoms with Crippen molar-refractivity contribution in [1.82, 2.24) is 19.9 Å². The summed E-state index contributed by atoms with van der Waals surface area (Å²) in [5, 5.41) is 0. The van der Waals surface area contributed by atoms with E-state index in [4.69, 9.17) is 4.98 Å². The van der Waals surface area contributed by atoms with Crippen molar-refractivity contribution in [1.29, 1.82) is 0 Å². The quantitative estimate of drug-likeness (QED) is 0.687. The highest BCUT2D eigenvalue weighted by atomic mass is 16.2. The molecule has 2 aromatic heterocycles. The van der Waals surface area contributed by atoms with Crippen LogP contribution < -0.4 is 0 Å². The minimum absolute atomic E-state index is 0.135. The van der Waals surface area contributed by atoms with E-state index in [1.807, 2.05) is 30.3 Å². The van der Waals surface area contributed by atoms with E-state index in [1.54, 1.807) is 0 Å². The predicted octanol–water partition coefficient (Wildman–Crippen LogP) is 5.07. The molecule has 0 bridgehead atoms. The lowest BCUT2D eigenvalue weighted by Crippen LogP contribution is -2.59. The number of H-pyrrole nitrogens is 1. The monoisotopic (exact) mass is 430 g/mol. The van der Waals surface area contributed by atoms with E-state index in [0.29, 0.717) is 28.7 Å². The van der Waals surface area contributed by atoms with Gasteiger partial charge in [0.25, 0.3) is 0 Å². The number of rotatable bonds is 1. The second-order valence-corrected chi connectivity index (χ2v) is 12.0. The molecular formula is C27H34N4O. The predicted molar refractivity (Wildman–Crippen MR) is 124 cm³/mol. The standard InChI is InChI=1S/C27H34N4O/c1-25-11-10-22(32)31(3)21(25)7-6-16-17(25)8-12-26(2)18(16)9-13-27(26)15-19(27)23-29-20-5-4-14-28-24(20)30-23/h4-5,10-11,14,16-19,21H,6-9,12-13,15H2,1-3H3,(H,28,29,30)/t16?,17?,18-,19?,21?,25+,26-,27?/m0/s1. The third kappa shape index (κ3) is 2.18. The Morgan fingerprint density at radius 3 is 2.81 bits per heavy atom. The van der Waals surface area contributed by atoms with Gasteiger partial charge in [0.2, 0.25) is 5.91 Å². The van der Waals surface area contributed by atoms with Gasteiger partial charge in [0.1, 0.15) is 5.82 Å². The molecule has 5 heteroatoms. The van der Waals surface area contributed by atoms with Gasteiger partial charge in [0, 0.05) is 30.6 Å². The number of nitrogens with zero attached hydrogens (tertiary/aromatic N) is 3. The van der Waals surface area contributed by atoms with Crippen LogP contribution in [0.4, 0.5) is 0 Å². The number of aromatic amines is 1. The van der Waals surface area contributed by atoms with Gasteiger partial charge < -0.3 is 9.88 Å². The van der Waals surface area contributed by atoms with Crippen molar-refractivity contribution >= 4 is 17.1 Å². The number of pyridine rings is 1. The SMILES string of the molecule is CN1C(=O)C=C[C@]2(C)C3CC[C@@]4(C)[C@@H](CCC45CC5c4nc5ncccc5[nH]4)C3CCC12. The number of amides is 1. The minimum atomic E-state index is 0.135. The van der Waals surface area contributed by atoms with Crippen LogP contribution in [0.3, 0.4) is 0 Å². The second kappa shape index (κ2) is 6.03. The van der Waals surface area contributed by atoms with Gasteiger partial charge in [-0.15, -0.1) is 0 Å². The summed E-state index contributed by atoms with van der Waals surface area (Å²) < 4.78 is 0. The first kappa shape index (κ1) is 19.3. The Labute approximate surface area is 190 Å². The normalized spacial score (nSPS) is 46.9. The molecular weight excluding hydrogens is 396 g/mol. The molecule has 32 heavy (non-hydrogen) atoms. The molecule has 7 rings (SSSR count). The van der Waals surface area contributed by atoms with Crippen LogP contribution in [-0.2, 0) is 4.79 Å². The largest absolute Gasteiger partial charge is 0.340 e. The molecule has 8 atom stereocenters. The van der Waals surface area contributed by atoms with Crippen LogP contribution in [0.5, 0.6) is 0 Å². The molecule has 1 spiro atoms. The van der Waals surface area contributed by atoms with Crippen molar-refractivity contribution in [3.63, 3.8) is 0 Å². The molecule has 5 aliphatic rings. The van der Waals surface area contributed by atoms with Crippen LogP contribution in [0, 0.1) is 34.0 Å². The zero-order chi connectivity index (χ0) is 21.9. The van der Waals surface area contributed by atoms with Crippen LogP contribution in [0.15, 0.2) is 30.5 Å². The summed E-state index contributed by atoms with van der Waals surface area (Å²) in [6.45, 7) is 5.07. The van der Waals surface area contributed by atoms with Crippen molar-refractivity contribution in [3.8, 4) is 0 Å². The molecule has 5 unspecified atom stereocenters. The molecule has 4 fully saturated rings. The first-order valence-corrected chi connectivity index (χ1v) is 12.6. The lowest BCUT2D eigenvalue weighted by molar-refractivity contribution is -0.139. The van der Waals surface area contributed by atoms with Gasteiger partial charge in [-0.2, -0.15) is 0 Å².